The molecule has 7 nitrogen and oxygen atoms in total. The minimum absolute atomic E-state index is 0.135. The standard InChI is InChI=1S/C14H15N3O4/c18-17(19)13-9-16-8-12(21-14(16)15-13)10-20-7-6-11-4-2-1-3-5-11/h1-5,9,12H,6-8,10H2. The summed E-state index contributed by atoms with van der Waals surface area (Å²) in [7, 11) is 0. The molecule has 0 fully saturated rings. The van der Waals surface area contributed by atoms with Gasteiger partial charge in [-0.25, -0.2) is 0 Å². The number of hydrogen-bond donors (Lipinski definition) is 0. The van der Waals surface area contributed by atoms with Crippen molar-refractivity contribution in [1.82, 2.24) is 9.55 Å². The van der Waals surface area contributed by atoms with Crippen molar-refractivity contribution < 1.29 is 14.4 Å². The van der Waals surface area contributed by atoms with E-state index in [1.54, 1.807) is 4.57 Å². The number of imidazole rings is 1. The molecule has 0 saturated heterocycles. The molecule has 1 aliphatic rings. The van der Waals surface area contributed by atoms with E-state index in [1.807, 2.05) is 18.2 Å². The van der Waals surface area contributed by atoms with Crippen LogP contribution >= 0.6 is 0 Å². The normalized spacial score (nSPS) is 16.5. The van der Waals surface area contributed by atoms with Crippen molar-refractivity contribution in [2.45, 2.75) is 19.1 Å². The molecule has 0 amide bonds. The van der Waals surface area contributed by atoms with Gasteiger partial charge < -0.3 is 19.6 Å². The second-order valence-corrected chi connectivity index (χ2v) is 4.84. The molecule has 0 N–H and O–H groups in total. The van der Waals surface area contributed by atoms with Gasteiger partial charge in [-0.3, -0.25) is 4.57 Å². The number of fused-ring (bicyclic) bond motifs is 1. The van der Waals surface area contributed by atoms with Crippen molar-refractivity contribution in [3.8, 4) is 6.01 Å². The van der Waals surface area contributed by atoms with Gasteiger partial charge in [0.05, 0.1) is 19.8 Å². The maximum atomic E-state index is 10.6. The molecule has 0 radical (unpaired) electrons. The van der Waals surface area contributed by atoms with Crippen LogP contribution in [-0.2, 0) is 17.7 Å². The van der Waals surface area contributed by atoms with Crippen LogP contribution in [0.25, 0.3) is 0 Å². The minimum atomic E-state index is -0.528. The maximum absolute atomic E-state index is 10.6. The summed E-state index contributed by atoms with van der Waals surface area (Å²) in [6.07, 6.45) is 2.10. The number of nitro groups is 1. The highest BCUT2D eigenvalue weighted by atomic mass is 16.6. The van der Waals surface area contributed by atoms with Gasteiger partial charge in [-0.05, 0) is 16.9 Å². The zero-order chi connectivity index (χ0) is 14.7. The molecule has 0 spiro atoms. The van der Waals surface area contributed by atoms with Gasteiger partial charge in [-0.2, -0.15) is 0 Å². The van der Waals surface area contributed by atoms with Gasteiger partial charge in [-0.1, -0.05) is 30.3 Å². The average molecular weight is 289 g/mol. The Bertz CT molecular complexity index is 603. The first-order valence-electron chi connectivity index (χ1n) is 6.72. The number of benzene rings is 1. The Labute approximate surface area is 121 Å². The van der Waals surface area contributed by atoms with E-state index in [1.165, 1.54) is 11.8 Å². The van der Waals surface area contributed by atoms with E-state index in [0.717, 1.165) is 6.42 Å². The molecule has 1 unspecified atom stereocenters. The average Bonchev–Trinajstić information content (AvgIpc) is 3.03. The third kappa shape index (κ3) is 3.19. The van der Waals surface area contributed by atoms with E-state index >= 15 is 0 Å². The third-order valence-electron chi connectivity index (χ3n) is 3.27. The Balaban J connectivity index is 1.42. The monoisotopic (exact) mass is 289 g/mol. The highest BCUT2D eigenvalue weighted by Crippen LogP contribution is 2.24. The molecule has 1 aromatic heterocycles. The van der Waals surface area contributed by atoms with Crippen LogP contribution in [0.3, 0.4) is 0 Å². The topological polar surface area (TPSA) is 79.4 Å². The van der Waals surface area contributed by atoms with Crippen LogP contribution in [0.5, 0.6) is 6.01 Å². The number of rotatable bonds is 6. The summed E-state index contributed by atoms with van der Waals surface area (Å²) < 4.78 is 12.8. The largest absolute Gasteiger partial charge is 0.438 e. The van der Waals surface area contributed by atoms with Crippen molar-refractivity contribution in [1.29, 1.82) is 0 Å². The first kappa shape index (κ1) is 13.6. The molecular weight excluding hydrogens is 274 g/mol. The van der Waals surface area contributed by atoms with E-state index in [-0.39, 0.29) is 11.9 Å². The van der Waals surface area contributed by atoms with Crippen LogP contribution < -0.4 is 4.74 Å². The van der Waals surface area contributed by atoms with Crippen LogP contribution in [0.2, 0.25) is 0 Å². The van der Waals surface area contributed by atoms with Gasteiger partial charge in [0.15, 0.2) is 0 Å². The van der Waals surface area contributed by atoms with E-state index in [0.29, 0.717) is 25.8 Å². The van der Waals surface area contributed by atoms with Crippen molar-refractivity contribution in [2.24, 2.45) is 0 Å². The SMILES string of the molecule is O=[N+]([O-])c1cn2c(n1)OC(COCCc1ccccc1)C2. The molecule has 3 rings (SSSR count). The van der Waals surface area contributed by atoms with E-state index in [4.69, 9.17) is 9.47 Å². The van der Waals surface area contributed by atoms with Gasteiger partial charge in [0.1, 0.15) is 12.3 Å². The number of aromatic nitrogens is 2. The molecule has 1 aromatic carbocycles. The third-order valence-corrected chi connectivity index (χ3v) is 3.27. The summed E-state index contributed by atoms with van der Waals surface area (Å²) in [6, 6.07) is 10.4. The van der Waals surface area contributed by atoms with Gasteiger partial charge in [0.2, 0.25) is 0 Å². The lowest BCUT2D eigenvalue weighted by molar-refractivity contribution is -0.389. The molecule has 7 heteroatoms. The minimum Gasteiger partial charge on any atom is -0.438 e. The fraction of sp³-hybridized carbons (Fsp3) is 0.357. The fourth-order valence-corrected chi connectivity index (χ4v) is 2.24. The molecule has 1 atom stereocenters. The number of ether oxygens (including phenoxy) is 2. The fourth-order valence-electron chi connectivity index (χ4n) is 2.24. The van der Waals surface area contributed by atoms with Crippen LogP contribution in [0.4, 0.5) is 5.82 Å². The summed E-state index contributed by atoms with van der Waals surface area (Å²) in [4.78, 5) is 13.9. The van der Waals surface area contributed by atoms with Gasteiger partial charge in [0, 0.05) is 4.98 Å². The van der Waals surface area contributed by atoms with E-state index in [9.17, 15) is 10.1 Å². The Morgan fingerprint density at radius 2 is 2.24 bits per heavy atom. The smallest absolute Gasteiger partial charge is 0.414 e. The van der Waals surface area contributed by atoms with Crippen LogP contribution in [0.1, 0.15) is 5.56 Å². The van der Waals surface area contributed by atoms with Gasteiger partial charge >= 0.3 is 11.8 Å². The molecular formula is C14H15N3O4. The molecule has 0 bridgehead atoms. The number of nitrogens with zero attached hydrogens (tertiary/aromatic N) is 3. The Kier molecular flexibility index (Phi) is 3.83. The second kappa shape index (κ2) is 5.92. The van der Waals surface area contributed by atoms with Crippen molar-refractivity contribution in [3.05, 3.63) is 52.2 Å². The lowest BCUT2D eigenvalue weighted by Crippen LogP contribution is -2.22. The second-order valence-electron chi connectivity index (χ2n) is 4.84. The molecule has 1 aliphatic heterocycles. The Hall–Kier alpha value is -2.41. The van der Waals surface area contributed by atoms with Crippen LogP contribution in [-0.4, -0.2) is 33.8 Å². The van der Waals surface area contributed by atoms with Gasteiger partial charge in [-0.15, -0.1) is 0 Å². The summed E-state index contributed by atoms with van der Waals surface area (Å²) in [6.45, 7) is 1.60. The predicted molar refractivity (Wildman–Crippen MR) is 74.3 cm³/mol. The Morgan fingerprint density at radius 1 is 1.43 bits per heavy atom. The summed E-state index contributed by atoms with van der Waals surface area (Å²) >= 11 is 0. The first-order valence-corrected chi connectivity index (χ1v) is 6.72. The quantitative estimate of drug-likeness (QED) is 0.460. The lowest BCUT2D eigenvalue weighted by Gasteiger charge is -2.09. The molecule has 21 heavy (non-hydrogen) atoms. The summed E-state index contributed by atoms with van der Waals surface area (Å²) in [5, 5.41) is 10.6. The van der Waals surface area contributed by atoms with Crippen LogP contribution in [0, 0.1) is 10.1 Å². The molecule has 0 saturated carbocycles. The van der Waals surface area contributed by atoms with E-state index < -0.39 is 4.92 Å². The maximum Gasteiger partial charge on any atom is 0.414 e. The molecule has 110 valence electrons. The predicted octanol–water partition coefficient (Wildman–Crippen LogP) is 1.81. The van der Waals surface area contributed by atoms with Gasteiger partial charge in [0.25, 0.3) is 0 Å². The zero-order valence-electron chi connectivity index (χ0n) is 11.3. The molecule has 2 aromatic rings. The Morgan fingerprint density at radius 3 is 2.95 bits per heavy atom. The van der Waals surface area contributed by atoms with Crippen molar-refractivity contribution >= 4 is 5.82 Å². The summed E-state index contributed by atoms with van der Waals surface area (Å²) in [5.41, 5.74) is 1.23. The van der Waals surface area contributed by atoms with E-state index in [2.05, 4.69) is 17.1 Å². The molecule has 2 heterocycles. The van der Waals surface area contributed by atoms with Crippen LogP contribution in [0.15, 0.2) is 36.5 Å². The van der Waals surface area contributed by atoms with Crippen molar-refractivity contribution in [3.63, 3.8) is 0 Å². The first-order chi connectivity index (χ1) is 10.2. The number of hydrogen-bond acceptors (Lipinski definition) is 5. The highest BCUT2D eigenvalue weighted by molar-refractivity contribution is 5.22. The molecule has 0 aliphatic carbocycles. The summed E-state index contributed by atoms with van der Waals surface area (Å²) in [5.74, 6) is -0.187. The van der Waals surface area contributed by atoms with Crippen molar-refractivity contribution in [2.75, 3.05) is 13.2 Å². The lowest BCUT2D eigenvalue weighted by atomic mass is 10.2. The highest BCUT2D eigenvalue weighted by Gasteiger charge is 2.31. The zero-order valence-corrected chi connectivity index (χ0v) is 11.3.